The lowest BCUT2D eigenvalue weighted by molar-refractivity contribution is -0.119. The second-order valence-electron chi connectivity index (χ2n) is 7.83. The fourth-order valence-corrected chi connectivity index (χ4v) is 4.83. The monoisotopic (exact) mass is 470 g/mol. The van der Waals surface area contributed by atoms with E-state index in [1.165, 1.54) is 11.8 Å². The van der Waals surface area contributed by atoms with Gasteiger partial charge in [-0.15, -0.1) is 10.2 Å². The summed E-state index contributed by atoms with van der Waals surface area (Å²) in [5.41, 5.74) is 2.72. The first-order chi connectivity index (χ1) is 15.6. The van der Waals surface area contributed by atoms with Gasteiger partial charge in [0.05, 0.1) is 11.4 Å². The molecule has 2 aromatic heterocycles. The summed E-state index contributed by atoms with van der Waals surface area (Å²) in [4.78, 5) is 19.2. The molecular weight excluding hydrogens is 444 g/mol. The third-order valence-corrected chi connectivity index (χ3v) is 7.12. The van der Waals surface area contributed by atoms with Crippen molar-refractivity contribution in [2.24, 2.45) is 0 Å². The number of pyridine rings is 1. The van der Waals surface area contributed by atoms with E-state index in [1.54, 1.807) is 12.4 Å². The molecule has 1 N–H and O–H groups in total. The van der Waals surface area contributed by atoms with E-state index in [0.29, 0.717) is 16.0 Å². The predicted molar refractivity (Wildman–Crippen MR) is 128 cm³/mol. The second-order valence-corrected chi connectivity index (χ2v) is 9.18. The van der Waals surface area contributed by atoms with Gasteiger partial charge in [-0.3, -0.25) is 14.3 Å². The highest BCUT2D eigenvalue weighted by molar-refractivity contribution is 7.99. The molecular formula is C23H27ClN6OS. The van der Waals surface area contributed by atoms with Crippen molar-refractivity contribution in [1.29, 1.82) is 0 Å². The van der Waals surface area contributed by atoms with Gasteiger partial charge in [0.2, 0.25) is 5.91 Å². The number of hydrogen-bond acceptors (Lipinski definition) is 6. The summed E-state index contributed by atoms with van der Waals surface area (Å²) in [5, 5.41) is 13.3. The molecule has 0 unspecified atom stereocenters. The van der Waals surface area contributed by atoms with E-state index in [1.807, 2.05) is 41.8 Å². The van der Waals surface area contributed by atoms with Gasteiger partial charge in [0.15, 0.2) is 11.0 Å². The van der Waals surface area contributed by atoms with Gasteiger partial charge in [-0.2, -0.15) is 0 Å². The number of benzene rings is 1. The van der Waals surface area contributed by atoms with E-state index in [2.05, 4.69) is 32.3 Å². The quantitative estimate of drug-likeness (QED) is 0.526. The van der Waals surface area contributed by atoms with Crippen LogP contribution in [0.4, 0.5) is 0 Å². The zero-order valence-corrected chi connectivity index (χ0v) is 19.9. The highest BCUT2D eigenvalue weighted by Crippen LogP contribution is 2.31. The lowest BCUT2D eigenvalue weighted by atomic mass is 10.1. The van der Waals surface area contributed by atoms with Gasteiger partial charge in [-0.05, 0) is 56.1 Å². The Bertz CT molecular complexity index is 1070. The van der Waals surface area contributed by atoms with Gasteiger partial charge < -0.3 is 10.2 Å². The van der Waals surface area contributed by atoms with Crippen LogP contribution in [0.15, 0.2) is 47.9 Å². The standard InChI is InChI=1S/C23H27ClN6OS/c1-3-29-13-9-18(10-14-29)26-21(31)15-32-23-28-27-22(17-7-11-25-12-8-17)30(23)20-6-4-5-19(24)16(20)2/h4-8,11-12,18H,3,9-10,13-15H2,1-2H3,(H,26,31). The number of nitrogens with zero attached hydrogens (tertiary/aromatic N) is 5. The van der Waals surface area contributed by atoms with Gasteiger partial charge in [0.1, 0.15) is 0 Å². The van der Waals surface area contributed by atoms with Crippen LogP contribution in [0.2, 0.25) is 5.02 Å². The van der Waals surface area contributed by atoms with Crippen molar-refractivity contribution in [3.05, 3.63) is 53.3 Å². The summed E-state index contributed by atoms with van der Waals surface area (Å²) in [6.45, 7) is 7.28. The number of nitrogens with one attached hydrogen (secondary N) is 1. The maximum atomic E-state index is 12.6. The minimum Gasteiger partial charge on any atom is -0.353 e. The molecule has 1 aromatic carbocycles. The van der Waals surface area contributed by atoms with Crippen LogP contribution in [-0.2, 0) is 4.79 Å². The fraction of sp³-hybridized carbons (Fsp3) is 0.391. The van der Waals surface area contributed by atoms with Crippen molar-refractivity contribution in [3.63, 3.8) is 0 Å². The number of aromatic nitrogens is 4. The first-order valence-electron chi connectivity index (χ1n) is 10.8. The Kier molecular flexibility index (Phi) is 7.44. The molecule has 0 saturated carbocycles. The van der Waals surface area contributed by atoms with Gasteiger partial charge in [0, 0.05) is 42.1 Å². The Morgan fingerprint density at radius 3 is 2.66 bits per heavy atom. The molecule has 0 atom stereocenters. The number of carbonyl (C=O) groups is 1. The van der Waals surface area contributed by atoms with Crippen LogP contribution in [0, 0.1) is 6.92 Å². The summed E-state index contributed by atoms with van der Waals surface area (Å²) in [6, 6.07) is 9.78. The molecule has 1 aliphatic heterocycles. The van der Waals surface area contributed by atoms with Crippen LogP contribution in [0.1, 0.15) is 25.3 Å². The fourth-order valence-electron chi connectivity index (χ4n) is 3.90. The molecule has 0 bridgehead atoms. The smallest absolute Gasteiger partial charge is 0.230 e. The average molecular weight is 471 g/mol. The molecule has 1 fully saturated rings. The minimum absolute atomic E-state index is 0.0211. The number of carbonyl (C=O) groups excluding carboxylic acids is 1. The van der Waals surface area contributed by atoms with Crippen LogP contribution in [0.25, 0.3) is 17.1 Å². The molecule has 3 aromatic rings. The first kappa shape index (κ1) is 22.8. The normalized spacial score (nSPS) is 15.1. The third kappa shape index (κ3) is 5.14. The highest BCUT2D eigenvalue weighted by atomic mass is 35.5. The second kappa shape index (κ2) is 10.5. The van der Waals surface area contributed by atoms with Crippen LogP contribution in [0.5, 0.6) is 0 Å². The van der Waals surface area contributed by atoms with Crippen molar-refractivity contribution in [2.45, 2.75) is 37.9 Å². The molecule has 1 amide bonds. The average Bonchev–Trinajstić information content (AvgIpc) is 3.24. The van der Waals surface area contributed by atoms with E-state index < -0.39 is 0 Å². The molecule has 0 radical (unpaired) electrons. The van der Waals surface area contributed by atoms with Gasteiger partial charge >= 0.3 is 0 Å². The molecule has 32 heavy (non-hydrogen) atoms. The van der Waals surface area contributed by atoms with Crippen molar-refractivity contribution in [2.75, 3.05) is 25.4 Å². The lowest BCUT2D eigenvalue weighted by Gasteiger charge is -2.31. The summed E-state index contributed by atoms with van der Waals surface area (Å²) in [6.07, 6.45) is 5.44. The number of thioether (sulfide) groups is 1. The van der Waals surface area contributed by atoms with Crippen LogP contribution < -0.4 is 5.32 Å². The Balaban J connectivity index is 1.53. The minimum atomic E-state index is 0.0211. The van der Waals surface area contributed by atoms with Gasteiger partial charge in [0.25, 0.3) is 0 Å². The van der Waals surface area contributed by atoms with Crippen molar-refractivity contribution in [3.8, 4) is 17.1 Å². The SMILES string of the molecule is CCN1CCC(NC(=O)CSc2nnc(-c3ccncc3)n2-c2cccc(Cl)c2C)CC1. The Hall–Kier alpha value is -2.42. The van der Waals surface area contributed by atoms with Gasteiger partial charge in [-0.25, -0.2) is 0 Å². The molecule has 4 rings (SSSR count). The molecule has 9 heteroatoms. The number of likely N-dealkylation sites (tertiary alicyclic amines) is 1. The zero-order chi connectivity index (χ0) is 22.5. The molecule has 7 nitrogen and oxygen atoms in total. The topological polar surface area (TPSA) is 75.9 Å². The van der Waals surface area contributed by atoms with Crippen LogP contribution in [0.3, 0.4) is 0 Å². The molecule has 3 heterocycles. The number of halogens is 1. The van der Waals surface area contributed by atoms with Crippen LogP contribution >= 0.6 is 23.4 Å². The highest BCUT2D eigenvalue weighted by Gasteiger charge is 2.22. The van der Waals surface area contributed by atoms with E-state index in [9.17, 15) is 4.79 Å². The van der Waals surface area contributed by atoms with Crippen molar-refractivity contribution in [1.82, 2.24) is 30.0 Å². The van der Waals surface area contributed by atoms with Gasteiger partial charge in [-0.1, -0.05) is 36.4 Å². The summed E-state index contributed by atoms with van der Waals surface area (Å²) >= 11 is 7.78. The van der Waals surface area contributed by atoms with E-state index >= 15 is 0 Å². The largest absolute Gasteiger partial charge is 0.353 e. The number of amides is 1. The van der Waals surface area contributed by atoms with E-state index in [-0.39, 0.29) is 17.7 Å². The maximum Gasteiger partial charge on any atom is 0.230 e. The number of hydrogen-bond donors (Lipinski definition) is 1. The predicted octanol–water partition coefficient (Wildman–Crippen LogP) is 3.98. The summed E-state index contributed by atoms with van der Waals surface area (Å²) in [7, 11) is 0. The van der Waals surface area contributed by atoms with E-state index in [4.69, 9.17) is 11.6 Å². The maximum absolute atomic E-state index is 12.6. The molecule has 1 saturated heterocycles. The number of piperidine rings is 1. The lowest BCUT2D eigenvalue weighted by Crippen LogP contribution is -2.45. The van der Waals surface area contributed by atoms with Crippen molar-refractivity contribution < 1.29 is 4.79 Å². The first-order valence-corrected chi connectivity index (χ1v) is 12.2. The number of rotatable bonds is 7. The third-order valence-electron chi connectivity index (χ3n) is 5.78. The summed E-state index contributed by atoms with van der Waals surface area (Å²) in [5.74, 6) is 0.989. The summed E-state index contributed by atoms with van der Waals surface area (Å²) < 4.78 is 1.97. The zero-order valence-electron chi connectivity index (χ0n) is 18.3. The van der Waals surface area contributed by atoms with E-state index in [0.717, 1.165) is 49.3 Å². The molecule has 168 valence electrons. The molecule has 0 spiro atoms. The Morgan fingerprint density at radius 1 is 1.19 bits per heavy atom. The van der Waals surface area contributed by atoms with Crippen molar-refractivity contribution >= 4 is 29.3 Å². The Labute approximate surface area is 197 Å². The Morgan fingerprint density at radius 2 is 1.94 bits per heavy atom. The molecule has 0 aliphatic carbocycles. The van der Waals surface area contributed by atoms with Crippen LogP contribution in [-0.4, -0.2) is 62.0 Å². The molecule has 1 aliphatic rings.